The van der Waals surface area contributed by atoms with Crippen molar-refractivity contribution in [3.63, 3.8) is 0 Å². The van der Waals surface area contributed by atoms with Crippen molar-refractivity contribution in [2.45, 2.75) is 63.6 Å². The Bertz CT molecular complexity index is 970. The number of nitrogens with zero attached hydrogens (tertiary/aromatic N) is 4. The predicted octanol–water partition coefficient (Wildman–Crippen LogP) is 3.31. The summed E-state index contributed by atoms with van der Waals surface area (Å²) in [5.74, 6) is -0.434. The maximum Gasteiger partial charge on any atom is 0.282 e. The summed E-state index contributed by atoms with van der Waals surface area (Å²) in [7, 11) is 0. The fourth-order valence-electron chi connectivity index (χ4n) is 4.12. The van der Waals surface area contributed by atoms with Gasteiger partial charge in [-0.1, -0.05) is 18.0 Å². The molecule has 5 rings (SSSR count). The second-order valence-electron chi connectivity index (χ2n) is 9.69. The van der Waals surface area contributed by atoms with E-state index in [1.54, 1.807) is 24.0 Å². The third-order valence-electron chi connectivity index (χ3n) is 6.35. The second kappa shape index (κ2) is 7.91. The monoisotopic (exact) mass is 449 g/mol. The standard InChI is InChI=1S/C22H29F2N5O3/c1-13-25-20(28-32-13)21(2,9-14-3-4-14)27-18(30)16-7-8-17(29-11-22(23,24)12-29)19(26-16)31-10-15-5-6-15/h7-8,14-15,18,27,30H,3-6,9-12H2,1-2H3. The van der Waals surface area contributed by atoms with Crippen LogP contribution in [0.2, 0.25) is 0 Å². The molecule has 0 spiro atoms. The Morgan fingerprint density at radius 1 is 1.25 bits per heavy atom. The van der Waals surface area contributed by atoms with Gasteiger partial charge in [-0.05, 0) is 50.2 Å². The predicted molar refractivity (Wildman–Crippen MR) is 111 cm³/mol. The van der Waals surface area contributed by atoms with Crippen molar-refractivity contribution in [3.05, 3.63) is 29.5 Å². The first kappa shape index (κ1) is 21.5. The molecule has 0 bridgehead atoms. The van der Waals surface area contributed by atoms with Gasteiger partial charge in [0.05, 0.1) is 30.9 Å². The minimum Gasteiger partial charge on any atom is -0.476 e. The molecule has 0 radical (unpaired) electrons. The van der Waals surface area contributed by atoms with Crippen LogP contribution < -0.4 is 15.0 Å². The minimum absolute atomic E-state index is 0.282. The topological polar surface area (TPSA) is 96.5 Å². The molecule has 2 saturated carbocycles. The zero-order chi connectivity index (χ0) is 22.5. The van der Waals surface area contributed by atoms with Crippen LogP contribution in [0, 0.1) is 18.8 Å². The number of hydrogen-bond donors (Lipinski definition) is 2. The molecule has 10 heteroatoms. The van der Waals surface area contributed by atoms with Crippen LogP contribution in [-0.4, -0.2) is 45.9 Å². The summed E-state index contributed by atoms with van der Waals surface area (Å²) < 4.78 is 37.9. The van der Waals surface area contributed by atoms with Gasteiger partial charge in [0.15, 0.2) is 5.82 Å². The number of halogens is 2. The van der Waals surface area contributed by atoms with Crippen molar-refractivity contribution in [1.82, 2.24) is 20.4 Å². The van der Waals surface area contributed by atoms with Gasteiger partial charge in [0.2, 0.25) is 11.8 Å². The first-order chi connectivity index (χ1) is 15.2. The molecular weight excluding hydrogens is 420 g/mol. The molecule has 2 aromatic heterocycles. The molecule has 0 amide bonds. The Labute approximate surface area is 185 Å². The summed E-state index contributed by atoms with van der Waals surface area (Å²) in [4.78, 5) is 10.4. The number of alkyl halides is 2. The van der Waals surface area contributed by atoms with Gasteiger partial charge >= 0.3 is 0 Å². The van der Waals surface area contributed by atoms with E-state index >= 15 is 0 Å². The molecule has 8 nitrogen and oxygen atoms in total. The minimum atomic E-state index is -2.69. The lowest BCUT2D eigenvalue weighted by Gasteiger charge is -2.40. The summed E-state index contributed by atoms with van der Waals surface area (Å²) in [5, 5.41) is 18.3. The van der Waals surface area contributed by atoms with E-state index in [0.29, 0.717) is 41.5 Å². The van der Waals surface area contributed by atoms with Crippen molar-refractivity contribution in [2.24, 2.45) is 11.8 Å². The molecule has 2 aromatic rings. The SMILES string of the molecule is Cc1nc(C(C)(CC2CC2)NC(O)c2ccc(N3CC(F)(F)C3)c(OCC3CC3)n2)no1. The molecule has 0 aromatic carbocycles. The van der Waals surface area contributed by atoms with E-state index < -0.39 is 17.7 Å². The van der Waals surface area contributed by atoms with Crippen molar-refractivity contribution in [2.75, 3.05) is 24.6 Å². The van der Waals surface area contributed by atoms with Crippen LogP contribution in [0.5, 0.6) is 5.88 Å². The van der Waals surface area contributed by atoms with Crippen molar-refractivity contribution < 1.29 is 23.1 Å². The van der Waals surface area contributed by atoms with E-state index in [-0.39, 0.29) is 19.0 Å². The van der Waals surface area contributed by atoms with Crippen LogP contribution in [0.15, 0.2) is 16.7 Å². The maximum absolute atomic E-state index is 13.4. The fraction of sp³-hybridized carbons (Fsp3) is 0.682. The summed E-state index contributed by atoms with van der Waals surface area (Å²) >= 11 is 0. The molecule has 174 valence electrons. The van der Waals surface area contributed by atoms with Gasteiger partial charge in [-0.2, -0.15) is 4.98 Å². The van der Waals surface area contributed by atoms with Gasteiger partial charge < -0.3 is 19.3 Å². The van der Waals surface area contributed by atoms with Crippen LogP contribution in [0.3, 0.4) is 0 Å². The normalized spacial score (nSPS) is 22.8. The van der Waals surface area contributed by atoms with Crippen LogP contribution in [0.25, 0.3) is 0 Å². The average molecular weight is 450 g/mol. The highest BCUT2D eigenvalue weighted by Gasteiger charge is 2.45. The van der Waals surface area contributed by atoms with Crippen molar-refractivity contribution in [1.29, 1.82) is 0 Å². The van der Waals surface area contributed by atoms with E-state index in [9.17, 15) is 13.9 Å². The highest BCUT2D eigenvalue weighted by atomic mass is 19.3. The van der Waals surface area contributed by atoms with Crippen LogP contribution >= 0.6 is 0 Å². The van der Waals surface area contributed by atoms with Gasteiger partial charge in [0, 0.05) is 6.92 Å². The van der Waals surface area contributed by atoms with Gasteiger partial charge in [-0.3, -0.25) is 5.32 Å². The summed E-state index contributed by atoms with van der Waals surface area (Å²) in [6.45, 7) is 3.46. The first-order valence-electron chi connectivity index (χ1n) is 11.2. The number of rotatable bonds is 10. The zero-order valence-electron chi connectivity index (χ0n) is 18.4. The van der Waals surface area contributed by atoms with E-state index in [0.717, 1.165) is 32.1 Å². The number of aliphatic hydroxyl groups excluding tert-OH is 1. The van der Waals surface area contributed by atoms with Crippen LogP contribution in [-0.2, 0) is 5.54 Å². The van der Waals surface area contributed by atoms with Crippen LogP contribution in [0.1, 0.15) is 62.7 Å². The number of anilines is 1. The lowest BCUT2D eigenvalue weighted by molar-refractivity contribution is -0.0265. The van der Waals surface area contributed by atoms with Gasteiger partial charge in [-0.15, -0.1) is 0 Å². The quantitative estimate of drug-likeness (QED) is 0.534. The number of nitrogens with one attached hydrogen (secondary N) is 1. The number of aliphatic hydroxyl groups is 1. The fourth-order valence-corrected chi connectivity index (χ4v) is 4.12. The zero-order valence-corrected chi connectivity index (χ0v) is 18.4. The van der Waals surface area contributed by atoms with E-state index in [1.165, 1.54) is 0 Å². The molecule has 3 heterocycles. The maximum atomic E-state index is 13.4. The third-order valence-corrected chi connectivity index (χ3v) is 6.35. The van der Waals surface area contributed by atoms with E-state index in [2.05, 4.69) is 20.4 Å². The molecular formula is C22H29F2N5O3. The Morgan fingerprint density at radius 3 is 2.56 bits per heavy atom. The Morgan fingerprint density at radius 2 is 1.97 bits per heavy atom. The number of ether oxygens (including phenoxy) is 1. The molecule has 3 aliphatic rings. The summed E-state index contributed by atoms with van der Waals surface area (Å²) in [6.07, 6.45) is 4.12. The van der Waals surface area contributed by atoms with Crippen molar-refractivity contribution in [3.8, 4) is 5.88 Å². The van der Waals surface area contributed by atoms with Gasteiger partial charge in [0.25, 0.3) is 5.92 Å². The molecule has 2 N–H and O–H groups in total. The Kier molecular flexibility index (Phi) is 5.32. The number of pyridine rings is 1. The Hall–Kier alpha value is -2.33. The summed E-state index contributed by atoms with van der Waals surface area (Å²) in [5.41, 5.74) is 0.184. The molecule has 2 atom stereocenters. The van der Waals surface area contributed by atoms with Crippen LogP contribution in [0.4, 0.5) is 14.5 Å². The smallest absolute Gasteiger partial charge is 0.282 e. The molecule has 2 aliphatic carbocycles. The second-order valence-corrected chi connectivity index (χ2v) is 9.69. The highest BCUT2D eigenvalue weighted by molar-refractivity contribution is 5.58. The molecule has 1 saturated heterocycles. The summed E-state index contributed by atoms with van der Waals surface area (Å²) in [6, 6.07) is 3.34. The lowest BCUT2D eigenvalue weighted by Crippen LogP contribution is -2.56. The largest absolute Gasteiger partial charge is 0.476 e. The highest BCUT2D eigenvalue weighted by Crippen LogP contribution is 2.42. The Balaban J connectivity index is 1.36. The van der Waals surface area contributed by atoms with Crippen molar-refractivity contribution >= 4 is 5.69 Å². The number of aromatic nitrogens is 3. The lowest BCUT2D eigenvalue weighted by atomic mass is 9.93. The van der Waals surface area contributed by atoms with E-state index in [1.807, 2.05) is 6.92 Å². The molecule has 32 heavy (non-hydrogen) atoms. The number of aryl methyl sites for hydroxylation is 1. The van der Waals surface area contributed by atoms with E-state index in [4.69, 9.17) is 9.26 Å². The third kappa shape index (κ3) is 4.71. The van der Waals surface area contributed by atoms with Gasteiger partial charge in [0.1, 0.15) is 11.9 Å². The molecule has 2 unspecified atom stereocenters. The number of hydrogen-bond acceptors (Lipinski definition) is 8. The van der Waals surface area contributed by atoms with Gasteiger partial charge in [-0.25, -0.2) is 13.8 Å². The molecule has 1 aliphatic heterocycles. The molecule has 3 fully saturated rings. The average Bonchev–Trinajstić information content (AvgIpc) is 3.65. The first-order valence-corrected chi connectivity index (χ1v) is 11.2.